The van der Waals surface area contributed by atoms with E-state index in [-0.39, 0.29) is 23.6 Å². The van der Waals surface area contributed by atoms with Crippen LogP contribution in [0.5, 0.6) is 0 Å². The van der Waals surface area contributed by atoms with E-state index in [4.69, 9.17) is 11.6 Å². The summed E-state index contributed by atoms with van der Waals surface area (Å²) in [5.74, 6) is -0.165. The first-order valence-corrected chi connectivity index (χ1v) is 5.44. The highest BCUT2D eigenvalue weighted by Crippen LogP contribution is 2.13. The Morgan fingerprint density at radius 2 is 1.93 bits per heavy atom. The van der Waals surface area contributed by atoms with E-state index in [0.29, 0.717) is 6.54 Å². The summed E-state index contributed by atoms with van der Waals surface area (Å²) in [4.78, 5) is 22.8. The Morgan fingerprint density at radius 1 is 1.40 bits per heavy atom. The molecule has 0 aliphatic heterocycles. The average molecular weight is 235 g/mol. The van der Waals surface area contributed by atoms with Crippen molar-refractivity contribution < 1.29 is 9.59 Å². The van der Waals surface area contributed by atoms with Gasteiger partial charge in [0.1, 0.15) is 0 Å². The highest BCUT2D eigenvalue weighted by Gasteiger charge is 2.27. The van der Waals surface area contributed by atoms with Crippen molar-refractivity contribution in [3.8, 4) is 0 Å². The summed E-state index contributed by atoms with van der Waals surface area (Å²) in [6.07, 6.45) is 0. The lowest BCUT2D eigenvalue weighted by atomic mass is 9.92. The number of amides is 2. The summed E-state index contributed by atoms with van der Waals surface area (Å²) in [6.45, 7) is 5.61. The van der Waals surface area contributed by atoms with E-state index in [9.17, 15) is 9.59 Å². The van der Waals surface area contributed by atoms with Gasteiger partial charge in [0.15, 0.2) is 0 Å². The fraction of sp³-hybridized carbons (Fsp3) is 0.800. The van der Waals surface area contributed by atoms with Crippen molar-refractivity contribution in [1.29, 1.82) is 0 Å². The predicted molar refractivity (Wildman–Crippen MR) is 60.7 cm³/mol. The maximum atomic E-state index is 11.4. The highest BCUT2D eigenvalue weighted by molar-refractivity contribution is 6.19. The van der Waals surface area contributed by atoms with Crippen LogP contribution in [0.3, 0.4) is 0 Å². The molecule has 2 amide bonds. The minimum absolute atomic E-state index is 0.0960. The molecule has 4 nitrogen and oxygen atoms in total. The van der Waals surface area contributed by atoms with Crippen molar-refractivity contribution in [2.24, 2.45) is 11.3 Å². The highest BCUT2D eigenvalue weighted by atomic mass is 35.5. The Kier molecular flexibility index (Phi) is 5.65. The summed E-state index contributed by atoms with van der Waals surface area (Å²) in [6, 6.07) is 0. The lowest BCUT2D eigenvalue weighted by molar-refractivity contribution is -0.130. The average Bonchev–Trinajstić information content (AvgIpc) is 2.23. The summed E-state index contributed by atoms with van der Waals surface area (Å²) in [5.41, 5.74) is -0.601. The Bertz CT molecular complexity index is 242. The number of carbonyl (C=O) groups is 2. The second-order valence-electron chi connectivity index (χ2n) is 4.24. The fourth-order valence-corrected chi connectivity index (χ4v) is 1.11. The molecule has 0 radical (unpaired) electrons. The van der Waals surface area contributed by atoms with Crippen LogP contribution in [0.25, 0.3) is 0 Å². The Labute approximate surface area is 95.7 Å². The van der Waals surface area contributed by atoms with Gasteiger partial charge in [-0.05, 0) is 13.8 Å². The van der Waals surface area contributed by atoms with Gasteiger partial charge >= 0.3 is 0 Å². The maximum Gasteiger partial charge on any atom is 0.227 e. The maximum absolute atomic E-state index is 11.4. The lowest BCUT2D eigenvalue weighted by Gasteiger charge is -2.23. The zero-order valence-electron chi connectivity index (χ0n) is 9.69. The van der Waals surface area contributed by atoms with Crippen molar-refractivity contribution in [1.82, 2.24) is 10.6 Å². The number of alkyl halides is 1. The topological polar surface area (TPSA) is 58.2 Å². The molecule has 0 aromatic carbocycles. The number of halogens is 1. The summed E-state index contributed by atoms with van der Waals surface area (Å²) < 4.78 is 0. The van der Waals surface area contributed by atoms with E-state index in [1.54, 1.807) is 27.8 Å². The molecule has 0 heterocycles. The molecule has 1 unspecified atom stereocenters. The van der Waals surface area contributed by atoms with Crippen LogP contribution in [0.4, 0.5) is 0 Å². The van der Waals surface area contributed by atoms with Crippen LogP contribution in [0, 0.1) is 11.3 Å². The number of carbonyl (C=O) groups excluding carboxylic acids is 2. The minimum atomic E-state index is -0.601. The molecule has 0 aromatic rings. The van der Waals surface area contributed by atoms with Gasteiger partial charge < -0.3 is 10.6 Å². The molecule has 0 spiro atoms. The molecule has 0 aliphatic rings. The van der Waals surface area contributed by atoms with Crippen LogP contribution in [0.15, 0.2) is 0 Å². The first-order chi connectivity index (χ1) is 6.85. The standard InChI is InChI=1S/C10H19ClN2O2/c1-7(5-11)8(14)13-6-10(2,3)9(15)12-4/h7H,5-6H2,1-4H3,(H,12,15)(H,13,14). The zero-order chi connectivity index (χ0) is 12.1. The van der Waals surface area contributed by atoms with Crippen molar-refractivity contribution >= 4 is 23.4 Å². The molecule has 15 heavy (non-hydrogen) atoms. The summed E-state index contributed by atoms with van der Waals surface area (Å²) >= 11 is 5.55. The van der Waals surface area contributed by atoms with E-state index in [2.05, 4.69) is 10.6 Å². The van der Waals surface area contributed by atoms with Gasteiger partial charge in [-0.1, -0.05) is 6.92 Å². The van der Waals surface area contributed by atoms with E-state index < -0.39 is 5.41 Å². The zero-order valence-corrected chi connectivity index (χ0v) is 10.4. The van der Waals surface area contributed by atoms with Gasteiger partial charge in [-0.2, -0.15) is 0 Å². The normalized spacial score (nSPS) is 13.1. The van der Waals surface area contributed by atoms with Gasteiger partial charge in [-0.15, -0.1) is 11.6 Å². The Hall–Kier alpha value is -0.770. The third-order valence-corrected chi connectivity index (χ3v) is 2.69. The van der Waals surface area contributed by atoms with E-state index >= 15 is 0 Å². The van der Waals surface area contributed by atoms with Crippen molar-refractivity contribution in [3.05, 3.63) is 0 Å². The number of hydrogen-bond acceptors (Lipinski definition) is 2. The lowest BCUT2D eigenvalue weighted by Crippen LogP contribution is -2.45. The van der Waals surface area contributed by atoms with Gasteiger partial charge in [-0.3, -0.25) is 9.59 Å². The van der Waals surface area contributed by atoms with Crippen LogP contribution in [0.1, 0.15) is 20.8 Å². The van der Waals surface area contributed by atoms with Gasteiger partial charge in [0.05, 0.1) is 5.41 Å². The van der Waals surface area contributed by atoms with Crippen LogP contribution in [-0.4, -0.2) is 31.3 Å². The Morgan fingerprint density at radius 3 is 2.33 bits per heavy atom. The molecule has 0 fully saturated rings. The monoisotopic (exact) mass is 234 g/mol. The molecule has 0 rings (SSSR count). The van der Waals surface area contributed by atoms with Gasteiger partial charge in [0, 0.05) is 25.4 Å². The second kappa shape index (κ2) is 5.95. The molecule has 0 aliphatic carbocycles. The molecule has 0 aromatic heterocycles. The molecule has 0 saturated carbocycles. The van der Waals surface area contributed by atoms with Crippen LogP contribution >= 0.6 is 11.6 Å². The van der Waals surface area contributed by atoms with Gasteiger partial charge in [0.2, 0.25) is 11.8 Å². The molecule has 5 heteroatoms. The second-order valence-corrected chi connectivity index (χ2v) is 4.54. The van der Waals surface area contributed by atoms with E-state index in [0.717, 1.165) is 0 Å². The van der Waals surface area contributed by atoms with Crippen LogP contribution in [0.2, 0.25) is 0 Å². The first kappa shape index (κ1) is 14.2. The largest absolute Gasteiger partial charge is 0.359 e. The minimum Gasteiger partial charge on any atom is -0.359 e. The smallest absolute Gasteiger partial charge is 0.227 e. The quantitative estimate of drug-likeness (QED) is 0.690. The summed E-state index contributed by atoms with van der Waals surface area (Å²) in [5, 5.41) is 5.26. The molecular formula is C10H19ClN2O2. The summed E-state index contributed by atoms with van der Waals surface area (Å²) in [7, 11) is 1.58. The van der Waals surface area contributed by atoms with Crippen LogP contribution < -0.4 is 10.6 Å². The molecule has 2 N–H and O–H groups in total. The number of rotatable bonds is 5. The van der Waals surface area contributed by atoms with Crippen LogP contribution in [-0.2, 0) is 9.59 Å². The Balaban J connectivity index is 4.15. The van der Waals surface area contributed by atoms with Gasteiger partial charge in [0.25, 0.3) is 0 Å². The number of nitrogens with one attached hydrogen (secondary N) is 2. The third-order valence-electron chi connectivity index (χ3n) is 2.23. The third kappa shape index (κ3) is 4.51. The van der Waals surface area contributed by atoms with Gasteiger partial charge in [-0.25, -0.2) is 0 Å². The van der Waals surface area contributed by atoms with Crippen molar-refractivity contribution in [2.75, 3.05) is 19.5 Å². The molecule has 0 saturated heterocycles. The molecule has 0 bridgehead atoms. The molecule has 1 atom stereocenters. The van der Waals surface area contributed by atoms with E-state index in [1.165, 1.54) is 0 Å². The molecule has 88 valence electrons. The van der Waals surface area contributed by atoms with Crippen molar-refractivity contribution in [2.45, 2.75) is 20.8 Å². The number of hydrogen-bond donors (Lipinski definition) is 2. The van der Waals surface area contributed by atoms with E-state index in [1.807, 2.05) is 0 Å². The SMILES string of the molecule is CNC(=O)C(C)(C)CNC(=O)C(C)CCl. The van der Waals surface area contributed by atoms with Crippen molar-refractivity contribution in [3.63, 3.8) is 0 Å². The molecular weight excluding hydrogens is 216 g/mol. The predicted octanol–water partition coefficient (Wildman–Crippen LogP) is 0.750. The fourth-order valence-electron chi connectivity index (χ4n) is 0.971. The first-order valence-electron chi connectivity index (χ1n) is 4.91.